The molecule has 2 aromatic rings. The third-order valence-electron chi connectivity index (χ3n) is 4.76. The van der Waals surface area contributed by atoms with Gasteiger partial charge in [0.05, 0.1) is 11.4 Å². The Bertz CT molecular complexity index is 751. The highest BCUT2D eigenvalue weighted by atomic mass is 16.1. The highest BCUT2D eigenvalue weighted by molar-refractivity contribution is 6.07. The molecule has 1 aliphatic rings. The molecular weight excluding hydrogens is 312 g/mol. The first kappa shape index (κ1) is 17.3. The second kappa shape index (κ2) is 7.57. The Labute approximate surface area is 149 Å². The Morgan fingerprint density at radius 3 is 2.52 bits per heavy atom. The summed E-state index contributed by atoms with van der Waals surface area (Å²) >= 11 is 0. The average molecular weight is 338 g/mol. The molecule has 0 radical (unpaired) electrons. The number of nitrogens with one attached hydrogen (secondary N) is 2. The third-order valence-corrected chi connectivity index (χ3v) is 4.76. The minimum absolute atomic E-state index is 0.137. The zero-order valence-corrected chi connectivity index (χ0v) is 14.9. The van der Waals surface area contributed by atoms with Gasteiger partial charge >= 0.3 is 0 Å². The molecule has 1 saturated heterocycles. The molecule has 0 atom stereocenters. The molecule has 0 saturated carbocycles. The van der Waals surface area contributed by atoms with Crippen LogP contribution < -0.4 is 16.4 Å². The summed E-state index contributed by atoms with van der Waals surface area (Å²) in [6.45, 7) is 4.10. The maximum absolute atomic E-state index is 12.7. The summed E-state index contributed by atoms with van der Waals surface area (Å²) in [4.78, 5) is 15.0. The summed E-state index contributed by atoms with van der Waals surface area (Å²) in [5.74, 6) is -0.137. The van der Waals surface area contributed by atoms with Gasteiger partial charge < -0.3 is 21.3 Å². The molecule has 0 aromatic heterocycles. The fourth-order valence-corrected chi connectivity index (χ4v) is 3.16. The van der Waals surface area contributed by atoms with E-state index in [1.165, 1.54) is 0 Å². The number of aryl methyl sites for hydroxylation is 1. The van der Waals surface area contributed by atoms with Gasteiger partial charge in [0.2, 0.25) is 0 Å². The molecule has 0 bridgehead atoms. The average Bonchev–Trinajstić information content (AvgIpc) is 2.60. The van der Waals surface area contributed by atoms with E-state index in [0.29, 0.717) is 17.3 Å². The number of likely N-dealkylation sites (tertiary alicyclic amines) is 1. The van der Waals surface area contributed by atoms with Gasteiger partial charge in [0.25, 0.3) is 5.91 Å². The first-order chi connectivity index (χ1) is 12.0. The molecule has 1 aliphatic heterocycles. The number of carbonyl (C=O) groups excluding carboxylic acids is 1. The number of benzene rings is 2. The fraction of sp³-hybridized carbons (Fsp3) is 0.350. The minimum Gasteiger partial charge on any atom is -0.399 e. The van der Waals surface area contributed by atoms with E-state index in [9.17, 15) is 4.79 Å². The molecule has 0 aliphatic carbocycles. The fourth-order valence-electron chi connectivity index (χ4n) is 3.16. The van der Waals surface area contributed by atoms with E-state index in [1.54, 1.807) is 6.07 Å². The summed E-state index contributed by atoms with van der Waals surface area (Å²) in [6, 6.07) is 13.7. The number of carbonyl (C=O) groups is 1. The standard InChI is InChI=1S/C20H26N4O/c1-14-7-8-15(21)13-17(14)20(25)23-19-6-4-3-5-18(19)22-16-9-11-24(2)12-10-16/h3-8,13,16,22H,9-12,21H2,1-2H3,(H,23,25). The van der Waals surface area contributed by atoms with E-state index in [1.807, 2.05) is 43.3 Å². The molecule has 2 aromatic carbocycles. The monoisotopic (exact) mass is 338 g/mol. The van der Waals surface area contributed by atoms with Crippen molar-refractivity contribution in [1.82, 2.24) is 4.90 Å². The van der Waals surface area contributed by atoms with Crippen LogP contribution >= 0.6 is 0 Å². The van der Waals surface area contributed by atoms with Crippen molar-refractivity contribution >= 4 is 23.0 Å². The Hall–Kier alpha value is -2.53. The second-order valence-corrected chi connectivity index (χ2v) is 6.80. The number of nitrogen functional groups attached to an aromatic ring is 1. The van der Waals surface area contributed by atoms with E-state index in [-0.39, 0.29) is 5.91 Å². The van der Waals surface area contributed by atoms with Crippen LogP contribution in [0.1, 0.15) is 28.8 Å². The summed E-state index contributed by atoms with van der Waals surface area (Å²) < 4.78 is 0. The van der Waals surface area contributed by atoms with Crippen molar-refractivity contribution in [3.63, 3.8) is 0 Å². The molecular formula is C20H26N4O. The highest BCUT2D eigenvalue weighted by Gasteiger charge is 2.18. The van der Waals surface area contributed by atoms with E-state index in [0.717, 1.165) is 42.9 Å². The van der Waals surface area contributed by atoms with Crippen molar-refractivity contribution in [1.29, 1.82) is 0 Å². The van der Waals surface area contributed by atoms with Crippen molar-refractivity contribution in [2.75, 3.05) is 36.5 Å². The number of anilines is 3. The number of amides is 1. The topological polar surface area (TPSA) is 70.4 Å². The zero-order valence-electron chi connectivity index (χ0n) is 14.9. The lowest BCUT2D eigenvalue weighted by molar-refractivity contribution is 0.102. The number of rotatable bonds is 4. The number of hydrogen-bond donors (Lipinski definition) is 3. The molecule has 1 amide bonds. The van der Waals surface area contributed by atoms with Crippen LogP contribution in [0.25, 0.3) is 0 Å². The summed E-state index contributed by atoms with van der Waals surface area (Å²) in [7, 11) is 2.15. The normalized spacial score (nSPS) is 15.8. The van der Waals surface area contributed by atoms with Crippen LogP contribution in [0.5, 0.6) is 0 Å². The first-order valence-corrected chi connectivity index (χ1v) is 8.74. The van der Waals surface area contributed by atoms with Gasteiger partial charge in [0.15, 0.2) is 0 Å². The predicted octanol–water partition coefficient (Wildman–Crippen LogP) is 3.34. The lowest BCUT2D eigenvalue weighted by Crippen LogP contribution is -2.36. The Morgan fingerprint density at radius 2 is 1.80 bits per heavy atom. The number of hydrogen-bond acceptors (Lipinski definition) is 4. The van der Waals surface area contributed by atoms with Crippen LogP contribution in [0.4, 0.5) is 17.1 Å². The molecule has 4 N–H and O–H groups in total. The van der Waals surface area contributed by atoms with Crippen LogP contribution in [0.2, 0.25) is 0 Å². The van der Waals surface area contributed by atoms with E-state index in [4.69, 9.17) is 5.73 Å². The van der Waals surface area contributed by atoms with Gasteiger partial charge in [-0.15, -0.1) is 0 Å². The lowest BCUT2D eigenvalue weighted by atomic mass is 10.0. The molecule has 0 unspecified atom stereocenters. The number of nitrogens with zero attached hydrogens (tertiary/aromatic N) is 1. The van der Waals surface area contributed by atoms with E-state index >= 15 is 0 Å². The third kappa shape index (κ3) is 4.31. The lowest BCUT2D eigenvalue weighted by Gasteiger charge is -2.30. The smallest absolute Gasteiger partial charge is 0.256 e. The van der Waals surface area contributed by atoms with Crippen molar-refractivity contribution < 1.29 is 4.79 Å². The van der Waals surface area contributed by atoms with Crippen LogP contribution in [0.15, 0.2) is 42.5 Å². The molecule has 132 valence electrons. The van der Waals surface area contributed by atoms with Crippen molar-refractivity contribution in [3.05, 3.63) is 53.6 Å². The molecule has 1 heterocycles. The zero-order chi connectivity index (χ0) is 17.8. The maximum Gasteiger partial charge on any atom is 0.256 e. The molecule has 1 fully saturated rings. The first-order valence-electron chi connectivity index (χ1n) is 8.74. The maximum atomic E-state index is 12.7. The van der Waals surface area contributed by atoms with E-state index < -0.39 is 0 Å². The van der Waals surface area contributed by atoms with Gasteiger partial charge in [-0.2, -0.15) is 0 Å². The quantitative estimate of drug-likeness (QED) is 0.748. The van der Waals surface area contributed by atoms with Gasteiger partial charge in [0.1, 0.15) is 0 Å². The van der Waals surface area contributed by atoms with Crippen LogP contribution in [0, 0.1) is 6.92 Å². The Kier molecular flexibility index (Phi) is 5.24. The highest BCUT2D eigenvalue weighted by Crippen LogP contribution is 2.25. The molecule has 0 spiro atoms. The van der Waals surface area contributed by atoms with E-state index in [2.05, 4.69) is 22.6 Å². The van der Waals surface area contributed by atoms with Gasteiger partial charge in [0, 0.05) is 17.3 Å². The second-order valence-electron chi connectivity index (χ2n) is 6.80. The Morgan fingerprint density at radius 1 is 1.12 bits per heavy atom. The van der Waals surface area contributed by atoms with Crippen LogP contribution in [-0.4, -0.2) is 37.0 Å². The van der Waals surface area contributed by atoms with Gasteiger partial charge in [-0.05, 0) is 69.7 Å². The molecule has 5 heteroatoms. The minimum atomic E-state index is -0.137. The summed E-state index contributed by atoms with van der Waals surface area (Å²) in [6.07, 6.45) is 2.21. The Balaban J connectivity index is 1.74. The summed E-state index contributed by atoms with van der Waals surface area (Å²) in [5.41, 5.74) is 9.70. The van der Waals surface area contributed by atoms with Crippen LogP contribution in [-0.2, 0) is 0 Å². The molecule has 3 rings (SSSR count). The summed E-state index contributed by atoms with van der Waals surface area (Å²) in [5, 5.41) is 6.61. The van der Waals surface area contributed by atoms with Gasteiger partial charge in [-0.25, -0.2) is 0 Å². The van der Waals surface area contributed by atoms with Crippen molar-refractivity contribution in [2.45, 2.75) is 25.8 Å². The number of piperidine rings is 1. The van der Waals surface area contributed by atoms with Crippen LogP contribution in [0.3, 0.4) is 0 Å². The number of nitrogens with two attached hydrogens (primary N) is 1. The number of para-hydroxylation sites is 2. The SMILES string of the molecule is Cc1ccc(N)cc1C(=O)Nc1ccccc1NC1CCN(C)CC1. The largest absolute Gasteiger partial charge is 0.399 e. The molecule has 25 heavy (non-hydrogen) atoms. The van der Waals surface area contributed by atoms with Gasteiger partial charge in [-0.3, -0.25) is 4.79 Å². The molecule has 5 nitrogen and oxygen atoms in total. The van der Waals surface area contributed by atoms with Gasteiger partial charge in [-0.1, -0.05) is 18.2 Å². The van der Waals surface area contributed by atoms with Crippen molar-refractivity contribution in [3.8, 4) is 0 Å². The predicted molar refractivity (Wildman–Crippen MR) is 104 cm³/mol. The van der Waals surface area contributed by atoms with Crippen molar-refractivity contribution in [2.24, 2.45) is 0 Å².